The highest BCUT2D eigenvalue weighted by atomic mass is 15.3. The summed E-state index contributed by atoms with van der Waals surface area (Å²) in [6.45, 7) is 4.06. The second-order valence-corrected chi connectivity index (χ2v) is 5.56. The minimum Gasteiger partial charge on any atom is -0.352 e. The van der Waals surface area contributed by atoms with Crippen molar-refractivity contribution in [3.8, 4) is 0 Å². The predicted octanol–water partition coefficient (Wildman–Crippen LogP) is 0.181. The molecule has 3 rings (SSSR count). The summed E-state index contributed by atoms with van der Waals surface area (Å²) in [5, 5.41) is 0. The molecular formula is C13H21N7. The van der Waals surface area contributed by atoms with Crippen LogP contribution < -0.4 is 9.80 Å². The average molecular weight is 275 g/mol. The maximum atomic E-state index is 4.71. The van der Waals surface area contributed by atoms with Gasteiger partial charge in [-0.05, 0) is 7.05 Å². The van der Waals surface area contributed by atoms with Crippen molar-refractivity contribution in [3.05, 3.63) is 6.33 Å². The van der Waals surface area contributed by atoms with Crippen LogP contribution in [0.15, 0.2) is 6.33 Å². The normalized spacial score (nSPS) is 16.9. The van der Waals surface area contributed by atoms with Gasteiger partial charge in [0, 0.05) is 47.3 Å². The number of aromatic nitrogens is 4. The van der Waals surface area contributed by atoms with Crippen molar-refractivity contribution in [2.45, 2.75) is 0 Å². The zero-order valence-electron chi connectivity index (χ0n) is 12.5. The molecule has 2 aromatic rings. The van der Waals surface area contributed by atoms with Gasteiger partial charge >= 0.3 is 0 Å². The molecular weight excluding hydrogens is 254 g/mol. The third-order valence-electron chi connectivity index (χ3n) is 3.73. The fourth-order valence-corrected chi connectivity index (χ4v) is 2.42. The molecule has 7 nitrogen and oxygen atoms in total. The fraction of sp³-hybridized carbons (Fsp3) is 0.615. The van der Waals surface area contributed by atoms with Gasteiger partial charge in [-0.3, -0.25) is 0 Å². The van der Waals surface area contributed by atoms with E-state index in [-0.39, 0.29) is 0 Å². The van der Waals surface area contributed by atoms with Crippen LogP contribution in [0.5, 0.6) is 0 Å². The molecule has 1 fully saturated rings. The van der Waals surface area contributed by atoms with Gasteiger partial charge in [-0.2, -0.15) is 9.97 Å². The standard InChI is InChI=1S/C13H21N7/c1-17(2)13-15-11-10(14-9-19(11)4)12(16-13)20-7-5-18(3)6-8-20/h9H,5-8H2,1-4H3. The van der Waals surface area contributed by atoms with Crippen LogP contribution in [-0.4, -0.2) is 71.7 Å². The molecule has 0 aromatic carbocycles. The summed E-state index contributed by atoms with van der Waals surface area (Å²) in [6, 6.07) is 0. The molecule has 0 saturated carbocycles. The van der Waals surface area contributed by atoms with Gasteiger partial charge < -0.3 is 19.3 Å². The van der Waals surface area contributed by atoms with Gasteiger partial charge in [0.1, 0.15) is 0 Å². The van der Waals surface area contributed by atoms with Crippen LogP contribution in [0.1, 0.15) is 0 Å². The maximum Gasteiger partial charge on any atom is 0.228 e. The molecule has 0 bridgehead atoms. The maximum absolute atomic E-state index is 4.71. The molecule has 1 aliphatic rings. The predicted molar refractivity (Wildman–Crippen MR) is 80.3 cm³/mol. The number of likely N-dealkylation sites (N-methyl/N-ethyl adjacent to an activating group) is 1. The Kier molecular flexibility index (Phi) is 3.21. The van der Waals surface area contributed by atoms with Crippen LogP contribution in [0.2, 0.25) is 0 Å². The van der Waals surface area contributed by atoms with Gasteiger partial charge in [-0.25, -0.2) is 4.98 Å². The lowest BCUT2D eigenvalue weighted by Crippen LogP contribution is -2.45. The lowest BCUT2D eigenvalue weighted by atomic mass is 10.3. The number of piperazine rings is 1. The smallest absolute Gasteiger partial charge is 0.228 e. The van der Waals surface area contributed by atoms with Crippen molar-refractivity contribution in [2.24, 2.45) is 7.05 Å². The summed E-state index contributed by atoms with van der Waals surface area (Å²) in [5.74, 6) is 1.68. The van der Waals surface area contributed by atoms with Crippen molar-refractivity contribution in [1.82, 2.24) is 24.4 Å². The topological polar surface area (TPSA) is 53.3 Å². The number of aryl methyl sites for hydroxylation is 1. The molecule has 3 heterocycles. The highest BCUT2D eigenvalue weighted by Crippen LogP contribution is 2.25. The molecule has 2 aromatic heterocycles. The number of fused-ring (bicyclic) bond motifs is 1. The van der Waals surface area contributed by atoms with Gasteiger partial charge in [-0.15, -0.1) is 0 Å². The Balaban J connectivity index is 2.08. The molecule has 0 unspecified atom stereocenters. The zero-order valence-corrected chi connectivity index (χ0v) is 12.5. The number of hydrogen-bond acceptors (Lipinski definition) is 6. The molecule has 0 spiro atoms. The summed E-state index contributed by atoms with van der Waals surface area (Å²) in [5.41, 5.74) is 1.78. The van der Waals surface area contributed by atoms with E-state index in [1.165, 1.54) is 0 Å². The summed E-state index contributed by atoms with van der Waals surface area (Å²) < 4.78 is 1.95. The van der Waals surface area contributed by atoms with E-state index >= 15 is 0 Å². The quantitative estimate of drug-likeness (QED) is 0.779. The number of anilines is 2. The van der Waals surface area contributed by atoms with Gasteiger partial charge in [0.2, 0.25) is 5.95 Å². The molecule has 20 heavy (non-hydrogen) atoms. The van der Waals surface area contributed by atoms with Crippen molar-refractivity contribution in [2.75, 3.05) is 57.1 Å². The first-order chi connectivity index (χ1) is 9.56. The second kappa shape index (κ2) is 4.90. The minimum atomic E-state index is 0.732. The molecule has 0 aliphatic carbocycles. The van der Waals surface area contributed by atoms with Crippen LogP contribution >= 0.6 is 0 Å². The number of nitrogens with zero attached hydrogens (tertiary/aromatic N) is 7. The van der Waals surface area contributed by atoms with E-state index in [0.29, 0.717) is 0 Å². The third kappa shape index (κ3) is 2.18. The van der Waals surface area contributed by atoms with Crippen molar-refractivity contribution < 1.29 is 0 Å². The van der Waals surface area contributed by atoms with Gasteiger partial charge in [0.05, 0.1) is 6.33 Å². The molecule has 1 aliphatic heterocycles. The zero-order chi connectivity index (χ0) is 14.3. The van der Waals surface area contributed by atoms with Crippen molar-refractivity contribution in [1.29, 1.82) is 0 Å². The molecule has 0 amide bonds. The lowest BCUT2D eigenvalue weighted by molar-refractivity contribution is 0.312. The summed E-state index contributed by atoms with van der Waals surface area (Å²) >= 11 is 0. The molecule has 1 saturated heterocycles. The fourth-order valence-electron chi connectivity index (χ4n) is 2.42. The highest BCUT2D eigenvalue weighted by Gasteiger charge is 2.21. The van der Waals surface area contributed by atoms with E-state index < -0.39 is 0 Å². The average Bonchev–Trinajstić information content (AvgIpc) is 2.80. The number of rotatable bonds is 2. The first-order valence-electron chi connectivity index (χ1n) is 6.86. The monoisotopic (exact) mass is 275 g/mol. The molecule has 0 N–H and O–H groups in total. The van der Waals surface area contributed by atoms with Crippen LogP contribution in [0.25, 0.3) is 11.2 Å². The van der Waals surface area contributed by atoms with E-state index in [2.05, 4.69) is 26.8 Å². The molecule has 0 atom stereocenters. The van der Waals surface area contributed by atoms with Crippen LogP contribution in [-0.2, 0) is 7.05 Å². The number of hydrogen-bond donors (Lipinski definition) is 0. The van der Waals surface area contributed by atoms with Crippen LogP contribution in [0.3, 0.4) is 0 Å². The SMILES string of the molecule is CN1CCN(c2nc(N(C)C)nc3c2ncn3C)CC1. The first-order valence-corrected chi connectivity index (χ1v) is 6.86. The van der Waals surface area contributed by atoms with E-state index in [1.54, 1.807) is 6.33 Å². The molecule has 0 radical (unpaired) electrons. The molecule has 108 valence electrons. The largest absolute Gasteiger partial charge is 0.352 e. The Morgan fingerprint density at radius 1 is 1.05 bits per heavy atom. The van der Waals surface area contributed by atoms with Crippen molar-refractivity contribution in [3.63, 3.8) is 0 Å². The Bertz CT molecular complexity index is 610. The van der Waals surface area contributed by atoms with E-state index in [9.17, 15) is 0 Å². The summed E-state index contributed by atoms with van der Waals surface area (Å²) in [4.78, 5) is 20.3. The van der Waals surface area contributed by atoms with E-state index in [4.69, 9.17) is 4.98 Å². The summed E-state index contributed by atoms with van der Waals surface area (Å²) in [7, 11) is 8.05. The van der Waals surface area contributed by atoms with Crippen molar-refractivity contribution >= 4 is 22.9 Å². The first kappa shape index (κ1) is 13.1. The van der Waals surface area contributed by atoms with Crippen LogP contribution in [0, 0.1) is 0 Å². The molecule has 7 heteroatoms. The third-order valence-corrected chi connectivity index (χ3v) is 3.73. The van der Waals surface area contributed by atoms with Gasteiger partial charge in [0.25, 0.3) is 0 Å². The van der Waals surface area contributed by atoms with Crippen LogP contribution in [0.4, 0.5) is 11.8 Å². The Morgan fingerprint density at radius 3 is 2.40 bits per heavy atom. The second-order valence-electron chi connectivity index (χ2n) is 5.56. The summed E-state index contributed by atoms with van der Waals surface area (Å²) in [6.07, 6.45) is 1.80. The van der Waals surface area contributed by atoms with E-state index in [0.717, 1.165) is 49.1 Å². The van der Waals surface area contributed by atoms with E-state index in [1.807, 2.05) is 30.6 Å². The minimum absolute atomic E-state index is 0.732. The lowest BCUT2D eigenvalue weighted by Gasteiger charge is -2.33. The van der Waals surface area contributed by atoms with Gasteiger partial charge in [-0.1, -0.05) is 0 Å². The Morgan fingerprint density at radius 2 is 1.75 bits per heavy atom. The highest BCUT2D eigenvalue weighted by molar-refractivity contribution is 5.85. The Hall–Kier alpha value is -1.89. The van der Waals surface area contributed by atoms with Gasteiger partial charge in [0.15, 0.2) is 17.0 Å². The number of imidazole rings is 1. The Labute approximate surface area is 118 Å².